The summed E-state index contributed by atoms with van der Waals surface area (Å²) in [6, 6.07) is -0.453. The monoisotopic (exact) mass is 366 g/mol. The van der Waals surface area contributed by atoms with Crippen LogP contribution in [0.5, 0.6) is 0 Å². The van der Waals surface area contributed by atoms with Gasteiger partial charge in [0, 0.05) is 6.54 Å². The van der Waals surface area contributed by atoms with Gasteiger partial charge in [-0.1, -0.05) is 34.1 Å². The van der Waals surface area contributed by atoms with Gasteiger partial charge in [0.2, 0.25) is 5.91 Å². The van der Waals surface area contributed by atoms with Crippen LogP contribution in [0.4, 0.5) is 4.79 Å². The molecule has 2 fully saturated rings. The minimum Gasteiger partial charge on any atom is -0.354 e. The van der Waals surface area contributed by atoms with Crippen molar-refractivity contribution in [1.29, 1.82) is 0 Å². The molecule has 7 nitrogen and oxygen atoms in total. The van der Waals surface area contributed by atoms with Crippen molar-refractivity contribution in [2.45, 2.75) is 65.3 Å². The average molecular weight is 367 g/mol. The highest BCUT2D eigenvalue weighted by molar-refractivity contribution is 6.09. The van der Waals surface area contributed by atoms with Crippen LogP contribution < -0.4 is 16.4 Å². The highest BCUT2D eigenvalue weighted by Crippen LogP contribution is 2.45. The fourth-order valence-corrected chi connectivity index (χ4v) is 3.91. The Kier molecular flexibility index (Phi) is 6.32. The molecule has 2 rings (SSSR count). The van der Waals surface area contributed by atoms with Crippen molar-refractivity contribution >= 4 is 17.8 Å². The lowest BCUT2D eigenvalue weighted by Crippen LogP contribution is -2.51. The summed E-state index contributed by atoms with van der Waals surface area (Å²) in [4.78, 5) is 38.3. The zero-order valence-electron chi connectivity index (χ0n) is 16.6. The van der Waals surface area contributed by atoms with E-state index >= 15 is 0 Å². The molecule has 0 radical (unpaired) electrons. The van der Waals surface area contributed by atoms with Crippen LogP contribution in [0.1, 0.15) is 59.8 Å². The van der Waals surface area contributed by atoms with Gasteiger partial charge in [-0.05, 0) is 49.5 Å². The molecule has 1 unspecified atom stereocenters. The maximum atomic E-state index is 12.9. The number of nitrogens with one attached hydrogen (secondary N) is 2. The molecule has 0 aromatic rings. The van der Waals surface area contributed by atoms with Crippen LogP contribution in [0.2, 0.25) is 0 Å². The Bertz CT molecular complexity index is 553. The number of rotatable bonds is 7. The molecule has 1 saturated carbocycles. The molecule has 1 aliphatic carbocycles. The number of amides is 4. The molecule has 148 valence electrons. The molecule has 2 aliphatic rings. The summed E-state index contributed by atoms with van der Waals surface area (Å²) in [5, 5.41) is 5.61. The summed E-state index contributed by atoms with van der Waals surface area (Å²) in [6.45, 7) is 9.35. The second kappa shape index (κ2) is 7.94. The topological polar surface area (TPSA) is 105 Å². The first-order valence-electron chi connectivity index (χ1n) is 9.76. The van der Waals surface area contributed by atoms with E-state index in [0.29, 0.717) is 31.8 Å². The van der Waals surface area contributed by atoms with Gasteiger partial charge < -0.3 is 16.4 Å². The molecule has 0 aromatic heterocycles. The number of hydrogen-bond donors (Lipinski definition) is 3. The first kappa shape index (κ1) is 20.7. The van der Waals surface area contributed by atoms with Gasteiger partial charge in [0.15, 0.2) is 0 Å². The molecule has 1 heterocycles. The normalized spacial score (nSPS) is 27.6. The Morgan fingerprint density at radius 3 is 2.54 bits per heavy atom. The molecule has 26 heavy (non-hydrogen) atoms. The predicted molar refractivity (Wildman–Crippen MR) is 100 cm³/mol. The number of nitrogens with zero attached hydrogens (tertiary/aromatic N) is 1. The fourth-order valence-electron chi connectivity index (χ4n) is 3.91. The van der Waals surface area contributed by atoms with Gasteiger partial charge in [0.25, 0.3) is 5.91 Å². The first-order valence-corrected chi connectivity index (χ1v) is 9.76. The van der Waals surface area contributed by atoms with Crippen LogP contribution in [0.15, 0.2) is 0 Å². The van der Waals surface area contributed by atoms with Gasteiger partial charge in [-0.2, -0.15) is 0 Å². The van der Waals surface area contributed by atoms with Gasteiger partial charge in [-0.25, -0.2) is 4.79 Å². The Morgan fingerprint density at radius 2 is 2.00 bits per heavy atom. The third kappa shape index (κ3) is 4.19. The Labute approximate surface area is 156 Å². The van der Waals surface area contributed by atoms with Crippen molar-refractivity contribution in [3.8, 4) is 0 Å². The number of carbonyl (C=O) groups excluding carboxylic acids is 3. The van der Waals surface area contributed by atoms with Crippen molar-refractivity contribution in [2.75, 3.05) is 19.6 Å². The summed E-state index contributed by atoms with van der Waals surface area (Å²) in [5.74, 6) is 0.132. The molecule has 1 atom stereocenters. The fraction of sp³-hybridized carbons (Fsp3) is 0.842. The summed E-state index contributed by atoms with van der Waals surface area (Å²) in [7, 11) is 0. The number of urea groups is 1. The standard InChI is InChI=1S/C19H34N4O3/c1-5-18(3,4)14-6-8-19(9-7-14)16(25)23(17(26)22-19)12-15(24)21-11-13(2)10-20/h13-14H,5-12,20H2,1-4H3,(H,21,24)(H,22,26). The van der Waals surface area contributed by atoms with Crippen molar-refractivity contribution in [1.82, 2.24) is 15.5 Å². The van der Waals surface area contributed by atoms with Crippen molar-refractivity contribution < 1.29 is 14.4 Å². The summed E-state index contributed by atoms with van der Waals surface area (Å²) < 4.78 is 0. The van der Waals surface area contributed by atoms with Crippen LogP contribution in [-0.2, 0) is 9.59 Å². The predicted octanol–water partition coefficient (Wildman–Crippen LogP) is 1.61. The lowest BCUT2D eigenvalue weighted by molar-refractivity contribution is -0.136. The highest BCUT2D eigenvalue weighted by Gasteiger charge is 2.53. The highest BCUT2D eigenvalue weighted by atomic mass is 16.2. The third-order valence-electron chi connectivity index (χ3n) is 6.45. The van der Waals surface area contributed by atoms with Crippen molar-refractivity contribution in [3.63, 3.8) is 0 Å². The van der Waals surface area contributed by atoms with Crippen molar-refractivity contribution in [2.24, 2.45) is 23.0 Å². The summed E-state index contributed by atoms with van der Waals surface area (Å²) in [6.07, 6.45) is 4.22. The van der Waals surface area contributed by atoms with Crippen LogP contribution in [0.3, 0.4) is 0 Å². The van der Waals surface area contributed by atoms with E-state index < -0.39 is 11.6 Å². The number of nitrogens with two attached hydrogens (primary N) is 1. The molecular weight excluding hydrogens is 332 g/mol. The van der Waals surface area contributed by atoms with Gasteiger partial charge in [0.05, 0.1) is 0 Å². The number of hydrogen-bond acceptors (Lipinski definition) is 4. The van der Waals surface area contributed by atoms with E-state index in [1.54, 1.807) is 0 Å². The van der Waals surface area contributed by atoms with Gasteiger partial charge in [0.1, 0.15) is 12.1 Å². The Morgan fingerprint density at radius 1 is 1.38 bits per heavy atom. The zero-order chi connectivity index (χ0) is 19.5. The second-order valence-corrected chi connectivity index (χ2v) is 8.66. The van der Waals surface area contributed by atoms with E-state index in [0.717, 1.165) is 24.2 Å². The van der Waals surface area contributed by atoms with Crippen molar-refractivity contribution in [3.05, 3.63) is 0 Å². The van der Waals surface area contributed by atoms with E-state index in [1.165, 1.54) is 0 Å². The Balaban J connectivity index is 1.95. The van der Waals surface area contributed by atoms with Gasteiger partial charge in [-0.3, -0.25) is 14.5 Å². The molecule has 0 bridgehead atoms. The molecule has 7 heteroatoms. The van der Waals surface area contributed by atoms with E-state index in [4.69, 9.17) is 5.73 Å². The Hall–Kier alpha value is -1.63. The maximum Gasteiger partial charge on any atom is 0.325 e. The van der Waals surface area contributed by atoms with E-state index in [2.05, 4.69) is 31.4 Å². The lowest BCUT2D eigenvalue weighted by atomic mass is 9.65. The average Bonchev–Trinajstić information content (AvgIpc) is 2.84. The van der Waals surface area contributed by atoms with Gasteiger partial charge >= 0.3 is 6.03 Å². The minimum absolute atomic E-state index is 0.158. The second-order valence-electron chi connectivity index (χ2n) is 8.66. The molecule has 0 aromatic carbocycles. The molecule has 1 spiro atoms. The third-order valence-corrected chi connectivity index (χ3v) is 6.45. The number of carbonyl (C=O) groups is 3. The smallest absolute Gasteiger partial charge is 0.325 e. The summed E-state index contributed by atoms with van der Waals surface area (Å²) in [5.41, 5.74) is 4.96. The molecule has 1 saturated heterocycles. The lowest BCUT2D eigenvalue weighted by Gasteiger charge is -2.42. The first-order chi connectivity index (χ1) is 12.1. The molecule has 4 N–H and O–H groups in total. The quantitative estimate of drug-likeness (QED) is 0.595. The van der Waals surface area contributed by atoms with E-state index in [-0.39, 0.29) is 29.7 Å². The SMILES string of the molecule is CCC(C)(C)C1CCC2(CC1)NC(=O)N(CC(=O)NCC(C)CN)C2=O. The summed E-state index contributed by atoms with van der Waals surface area (Å²) >= 11 is 0. The molecule has 1 aliphatic heterocycles. The van der Waals surface area contributed by atoms with Crippen LogP contribution >= 0.6 is 0 Å². The number of imide groups is 1. The maximum absolute atomic E-state index is 12.9. The van der Waals surface area contributed by atoms with Gasteiger partial charge in [-0.15, -0.1) is 0 Å². The van der Waals surface area contributed by atoms with E-state index in [1.807, 2.05) is 6.92 Å². The van der Waals surface area contributed by atoms with E-state index in [9.17, 15) is 14.4 Å². The molecular formula is C19H34N4O3. The van der Waals surface area contributed by atoms with Crippen LogP contribution in [0.25, 0.3) is 0 Å². The zero-order valence-corrected chi connectivity index (χ0v) is 16.6. The minimum atomic E-state index is -0.817. The van der Waals surface area contributed by atoms with Crippen LogP contribution in [-0.4, -0.2) is 47.9 Å². The molecule has 4 amide bonds. The van der Waals surface area contributed by atoms with Crippen LogP contribution in [0, 0.1) is 17.3 Å². The largest absolute Gasteiger partial charge is 0.354 e.